The van der Waals surface area contributed by atoms with E-state index in [0.29, 0.717) is 5.75 Å². The van der Waals surface area contributed by atoms with Gasteiger partial charge in [0.15, 0.2) is 5.65 Å². The van der Waals surface area contributed by atoms with Crippen LogP contribution in [0.4, 0.5) is 0 Å². The molecule has 1 aromatic carbocycles. The molecule has 0 amide bonds. The molecule has 0 unspecified atom stereocenters. The lowest BCUT2D eigenvalue weighted by Crippen LogP contribution is -2.25. The molecule has 1 fully saturated rings. The van der Waals surface area contributed by atoms with Crippen molar-refractivity contribution in [2.45, 2.75) is 28.2 Å². The van der Waals surface area contributed by atoms with Gasteiger partial charge in [-0.25, -0.2) is 9.97 Å². The van der Waals surface area contributed by atoms with Crippen molar-refractivity contribution in [3.63, 3.8) is 0 Å². The molecule has 2 aromatic heterocycles. The number of nitrogens with zero attached hydrogens (tertiary/aromatic N) is 3. The van der Waals surface area contributed by atoms with Crippen LogP contribution in [0.15, 0.2) is 47.9 Å². The molecule has 1 saturated heterocycles. The summed E-state index contributed by atoms with van der Waals surface area (Å²) in [6.45, 7) is 0. The summed E-state index contributed by atoms with van der Waals surface area (Å²) >= 11 is 9.18. The summed E-state index contributed by atoms with van der Waals surface area (Å²) in [4.78, 5) is 8.95. The number of hydrogen-bond acceptors (Lipinski definition) is 6. The molecule has 3 heterocycles. The van der Waals surface area contributed by atoms with E-state index in [0.717, 1.165) is 32.7 Å². The average molecular weight is 394 g/mol. The Hall–Kier alpha value is -1.25. The number of halogens is 1. The van der Waals surface area contributed by atoms with Crippen molar-refractivity contribution in [2.75, 3.05) is 5.75 Å². The molecular formula is C17H16ClN3O2S2. The number of aliphatic hydroxyl groups is 2. The molecule has 5 nitrogen and oxygen atoms in total. The maximum atomic E-state index is 10.2. The molecular weight excluding hydrogens is 378 g/mol. The number of rotatable bonds is 4. The third kappa shape index (κ3) is 3.39. The van der Waals surface area contributed by atoms with Crippen LogP contribution in [0.5, 0.6) is 0 Å². The van der Waals surface area contributed by atoms with Crippen LogP contribution >= 0.6 is 35.1 Å². The van der Waals surface area contributed by atoms with Crippen molar-refractivity contribution in [3.8, 4) is 0 Å². The Labute approximate surface area is 158 Å². The Morgan fingerprint density at radius 1 is 1.32 bits per heavy atom. The summed E-state index contributed by atoms with van der Waals surface area (Å²) in [6.07, 6.45) is 3.87. The SMILES string of the molecule is O[C@@H]1[C@H](O)CS[C@H]1c1cnc2c(SCc3cccc(Cl)c3)nccn12. The largest absolute Gasteiger partial charge is 0.390 e. The number of aromatic nitrogens is 3. The summed E-state index contributed by atoms with van der Waals surface area (Å²) in [5, 5.41) is 21.4. The summed E-state index contributed by atoms with van der Waals surface area (Å²) in [5.41, 5.74) is 2.77. The van der Waals surface area contributed by atoms with E-state index in [9.17, 15) is 10.2 Å². The fourth-order valence-electron chi connectivity index (χ4n) is 2.87. The fraction of sp³-hybridized carbons (Fsp3) is 0.294. The molecule has 3 aromatic rings. The van der Waals surface area contributed by atoms with E-state index in [1.165, 1.54) is 0 Å². The summed E-state index contributed by atoms with van der Waals surface area (Å²) in [5.74, 6) is 1.27. The minimum atomic E-state index is -0.777. The standard InChI is InChI=1S/C17H16ClN3O2S2/c18-11-3-1-2-10(6-11)8-25-17-16-20-7-12(21(16)5-4-19-17)15-14(23)13(22)9-24-15/h1-7,13-15,22-23H,8-9H2/t13-,14-,15+/m1/s1. The zero-order chi connectivity index (χ0) is 17.4. The van der Waals surface area contributed by atoms with Gasteiger partial charge in [-0.2, -0.15) is 0 Å². The molecule has 1 aliphatic heterocycles. The first-order valence-electron chi connectivity index (χ1n) is 7.80. The van der Waals surface area contributed by atoms with Crippen molar-refractivity contribution in [1.29, 1.82) is 0 Å². The molecule has 0 radical (unpaired) electrons. The highest BCUT2D eigenvalue weighted by Crippen LogP contribution is 2.41. The number of benzene rings is 1. The second-order valence-corrected chi connectivity index (χ2v) is 8.41. The highest BCUT2D eigenvalue weighted by Gasteiger charge is 2.37. The monoisotopic (exact) mass is 393 g/mol. The highest BCUT2D eigenvalue weighted by molar-refractivity contribution is 7.99. The Kier molecular flexibility index (Phi) is 4.92. The van der Waals surface area contributed by atoms with E-state index in [1.807, 2.05) is 34.9 Å². The summed E-state index contributed by atoms with van der Waals surface area (Å²) in [7, 11) is 0. The zero-order valence-electron chi connectivity index (χ0n) is 13.1. The van der Waals surface area contributed by atoms with Crippen LogP contribution in [0.1, 0.15) is 16.5 Å². The fourth-order valence-corrected chi connectivity index (χ4v) is 5.30. The average Bonchev–Trinajstić information content (AvgIpc) is 3.17. The van der Waals surface area contributed by atoms with Crippen LogP contribution in [0.25, 0.3) is 5.65 Å². The van der Waals surface area contributed by atoms with Gasteiger partial charge in [0, 0.05) is 28.9 Å². The van der Waals surface area contributed by atoms with Gasteiger partial charge in [0.25, 0.3) is 0 Å². The highest BCUT2D eigenvalue weighted by atomic mass is 35.5. The summed E-state index contributed by atoms with van der Waals surface area (Å²) in [6, 6.07) is 7.76. The topological polar surface area (TPSA) is 70.7 Å². The molecule has 0 saturated carbocycles. The second-order valence-electron chi connectivity index (χ2n) is 5.84. The van der Waals surface area contributed by atoms with Gasteiger partial charge in [0.1, 0.15) is 5.03 Å². The first-order valence-corrected chi connectivity index (χ1v) is 10.2. The molecule has 1 aliphatic rings. The number of thioether (sulfide) groups is 2. The van der Waals surface area contributed by atoms with Crippen molar-refractivity contribution in [3.05, 3.63) is 59.1 Å². The van der Waals surface area contributed by atoms with Crippen molar-refractivity contribution >= 4 is 40.8 Å². The van der Waals surface area contributed by atoms with E-state index >= 15 is 0 Å². The molecule has 130 valence electrons. The van der Waals surface area contributed by atoms with E-state index in [4.69, 9.17) is 11.6 Å². The van der Waals surface area contributed by atoms with Gasteiger partial charge >= 0.3 is 0 Å². The maximum absolute atomic E-state index is 10.2. The number of imidazole rings is 1. The van der Waals surface area contributed by atoms with Gasteiger partial charge in [-0.15, -0.1) is 11.8 Å². The van der Waals surface area contributed by atoms with E-state index in [2.05, 4.69) is 9.97 Å². The molecule has 3 atom stereocenters. The maximum Gasteiger partial charge on any atom is 0.169 e. The van der Waals surface area contributed by atoms with Crippen molar-refractivity contribution in [1.82, 2.24) is 14.4 Å². The quantitative estimate of drug-likeness (QED) is 0.663. The third-order valence-corrected chi connectivity index (χ3v) is 6.82. The second kappa shape index (κ2) is 7.17. The molecule has 0 bridgehead atoms. The smallest absolute Gasteiger partial charge is 0.169 e. The van der Waals surface area contributed by atoms with E-state index in [-0.39, 0.29) is 5.25 Å². The molecule has 25 heavy (non-hydrogen) atoms. The lowest BCUT2D eigenvalue weighted by Gasteiger charge is -2.15. The van der Waals surface area contributed by atoms with Gasteiger partial charge in [0.05, 0.1) is 29.3 Å². The Morgan fingerprint density at radius 3 is 2.96 bits per heavy atom. The van der Waals surface area contributed by atoms with Gasteiger partial charge < -0.3 is 10.2 Å². The Morgan fingerprint density at radius 2 is 2.20 bits per heavy atom. The normalized spacial score (nSPS) is 23.4. The van der Waals surface area contributed by atoms with E-state index in [1.54, 1.807) is 35.9 Å². The van der Waals surface area contributed by atoms with Crippen LogP contribution in [-0.4, -0.2) is 42.5 Å². The van der Waals surface area contributed by atoms with Crippen LogP contribution in [-0.2, 0) is 5.75 Å². The van der Waals surface area contributed by atoms with Crippen LogP contribution < -0.4 is 0 Å². The van der Waals surface area contributed by atoms with Crippen molar-refractivity contribution < 1.29 is 10.2 Å². The van der Waals surface area contributed by atoms with Gasteiger partial charge in [-0.1, -0.05) is 35.5 Å². The Balaban J connectivity index is 1.61. The third-order valence-electron chi connectivity index (χ3n) is 4.13. The first kappa shape index (κ1) is 17.2. The number of fused-ring (bicyclic) bond motifs is 1. The van der Waals surface area contributed by atoms with Crippen LogP contribution in [0.3, 0.4) is 0 Å². The van der Waals surface area contributed by atoms with Gasteiger partial charge in [-0.3, -0.25) is 4.40 Å². The lowest BCUT2D eigenvalue weighted by molar-refractivity contribution is 0.0411. The summed E-state index contributed by atoms with van der Waals surface area (Å²) < 4.78 is 1.95. The van der Waals surface area contributed by atoms with Gasteiger partial charge in [0.2, 0.25) is 0 Å². The predicted molar refractivity (Wildman–Crippen MR) is 101 cm³/mol. The molecule has 0 aliphatic carbocycles. The lowest BCUT2D eigenvalue weighted by atomic mass is 10.1. The van der Waals surface area contributed by atoms with Gasteiger partial charge in [-0.05, 0) is 17.7 Å². The predicted octanol–water partition coefficient (Wildman–Crippen LogP) is 3.18. The van der Waals surface area contributed by atoms with Crippen molar-refractivity contribution in [2.24, 2.45) is 0 Å². The number of aliphatic hydroxyl groups excluding tert-OH is 2. The molecule has 8 heteroatoms. The zero-order valence-corrected chi connectivity index (χ0v) is 15.5. The van der Waals surface area contributed by atoms with E-state index < -0.39 is 12.2 Å². The minimum Gasteiger partial charge on any atom is -0.390 e. The Bertz CT molecular complexity index is 904. The first-order chi connectivity index (χ1) is 12.1. The van der Waals surface area contributed by atoms with Crippen LogP contribution in [0.2, 0.25) is 5.02 Å². The van der Waals surface area contributed by atoms with Crippen LogP contribution in [0, 0.1) is 0 Å². The molecule has 2 N–H and O–H groups in total. The minimum absolute atomic E-state index is 0.182. The molecule has 0 spiro atoms. The number of hydrogen-bond donors (Lipinski definition) is 2. The molecule has 4 rings (SSSR count).